The van der Waals surface area contributed by atoms with E-state index in [0.717, 1.165) is 12.0 Å². The van der Waals surface area contributed by atoms with Gasteiger partial charge in [0.05, 0.1) is 0 Å². The summed E-state index contributed by atoms with van der Waals surface area (Å²) in [7, 11) is 0. The van der Waals surface area contributed by atoms with Gasteiger partial charge in [0.2, 0.25) is 0 Å². The molecule has 1 aromatic rings. The van der Waals surface area contributed by atoms with E-state index in [1.165, 1.54) is 6.07 Å². The van der Waals surface area contributed by atoms with Gasteiger partial charge < -0.3 is 5.32 Å². The zero-order valence-corrected chi connectivity index (χ0v) is 11.0. The predicted octanol–water partition coefficient (Wildman–Crippen LogP) is 4.10. The van der Waals surface area contributed by atoms with E-state index in [2.05, 4.69) is 19.2 Å². The van der Waals surface area contributed by atoms with E-state index in [1.54, 1.807) is 19.1 Å². The molecule has 4 heteroatoms. The third-order valence-corrected chi connectivity index (χ3v) is 2.66. The molecule has 0 bridgehead atoms. The third kappa shape index (κ3) is 4.33. The van der Waals surface area contributed by atoms with Crippen molar-refractivity contribution in [2.24, 2.45) is 5.92 Å². The number of hydrogen-bond donors (Lipinski definition) is 1. The van der Waals surface area contributed by atoms with Crippen molar-refractivity contribution in [3.8, 4) is 0 Å². The van der Waals surface area contributed by atoms with Gasteiger partial charge in [0.1, 0.15) is 6.04 Å². The quantitative estimate of drug-likeness (QED) is 0.839. The molecule has 1 rings (SSSR count). The van der Waals surface area contributed by atoms with Crippen LogP contribution in [0.2, 0.25) is 0 Å². The van der Waals surface area contributed by atoms with Crippen molar-refractivity contribution in [3.63, 3.8) is 0 Å². The fourth-order valence-corrected chi connectivity index (χ4v) is 2.00. The molecule has 0 spiro atoms. The fraction of sp³-hybridized carbons (Fsp3) is 0.571. The fourth-order valence-electron chi connectivity index (χ4n) is 2.00. The van der Waals surface area contributed by atoms with Crippen molar-refractivity contribution in [2.75, 3.05) is 6.54 Å². The number of rotatable bonds is 5. The SMILES string of the molecule is CCNC(c1cccc(CC(C)C)c1)C(F)(F)F. The summed E-state index contributed by atoms with van der Waals surface area (Å²) in [5, 5.41) is 2.49. The molecule has 1 unspecified atom stereocenters. The lowest BCUT2D eigenvalue weighted by molar-refractivity contribution is -0.157. The second-order valence-corrected chi connectivity index (χ2v) is 4.88. The van der Waals surface area contributed by atoms with Crippen molar-refractivity contribution in [3.05, 3.63) is 35.4 Å². The molecular formula is C14H20F3N. The van der Waals surface area contributed by atoms with Crippen LogP contribution in [0.25, 0.3) is 0 Å². The largest absolute Gasteiger partial charge is 0.407 e. The van der Waals surface area contributed by atoms with Crippen molar-refractivity contribution in [2.45, 2.75) is 39.4 Å². The van der Waals surface area contributed by atoms with E-state index >= 15 is 0 Å². The van der Waals surface area contributed by atoms with Gasteiger partial charge in [-0.05, 0) is 30.0 Å². The Morgan fingerprint density at radius 2 is 1.89 bits per heavy atom. The van der Waals surface area contributed by atoms with Gasteiger partial charge in [-0.25, -0.2) is 0 Å². The first-order valence-corrected chi connectivity index (χ1v) is 6.23. The van der Waals surface area contributed by atoms with Gasteiger partial charge in [-0.2, -0.15) is 13.2 Å². The van der Waals surface area contributed by atoms with Gasteiger partial charge in [0.25, 0.3) is 0 Å². The highest BCUT2D eigenvalue weighted by Crippen LogP contribution is 2.33. The van der Waals surface area contributed by atoms with Crippen LogP contribution in [-0.2, 0) is 6.42 Å². The van der Waals surface area contributed by atoms with Crippen LogP contribution in [0.4, 0.5) is 13.2 Å². The van der Waals surface area contributed by atoms with Gasteiger partial charge in [-0.3, -0.25) is 0 Å². The minimum absolute atomic E-state index is 0.290. The molecule has 0 saturated heterocycles. The summed E-state index contributed by atoms with van der Waals surface area (Å²) in [6.45, 7) is 6.08. The summed E-state index contributed by atoms with van der Waals surface area (Å²) in [5.41, 5.74) is 1.25. The summed E-state index contributed by atoms with van der Waals surface area (Å²) in [5.74, 6) is 0.434. The smallest absolute Gasteiger partial charge is 0.303 e. The van der Waals surface area contributed by atoms with E-state index in [1.807, 2.05) is 6.07 Å². The Hall–Kier alpha value is -1.03. The lowest BCUT2D eigenvalue weighted by Crippen LogP contribution is -2.34. The van der Waals surface area contributed by atoms with E-state index in [4.69, 9.17) is 0 Å². The highest BCUT2D eigenvalue weighted by molar-refractivity contribution is 5.27. The molecule has 0 aliphatic rings. The van der Waals surface area contributed by atoms with Crippen LogP contribution >= 0.6 is 0 Å². The minimum Gasteiger partial charge on any atom is -0.303 e. The normalized spacial score (nSPS) is 13.9. The summed E-state index contributed by atoms with van der Waals surface area (Å²) >= 11 is 0. The molecule has 0 aliphatic heterocycles. The average molecular weight is 259 g/mol. The highest BCUT2D eigenvalue weighted by Gasteiger charge is 2.40. The second kappa shape index (κ2) is 6.23. The molecule has 1 nitrogen and oxygen atoms in total. The maximum atomic E-state index is 12.9. The van der Waals surface area contributed by atoms with Gasteiger partial charge in [-0.1, -0.05) is 45.0 Å². The molecule has 0 aromatic heterocycles. The van der Waals surface area contributed by atoms with Crippen LogP contribution in [0.5, 0.6) is 0 Å². The highest BCUT2D eigenvalue weighted by atomic mass is 19.4. The third-order valence-electron chi connectivity index (χ3n) is 2.66. The molecule has 1 N–H and O–H groups in total. The Morgan fingerprint density at radius 3 is 2.39 bits per heavy atom. The number of hydrogen-bond acceptors (Lipinski definition) is 1. The number of benzene rings is 1. The topological polar surface area (TPSA) is 12.0 Å². The minimum atomic E-state index is -4.26. The molecule has 0 fully saturated rings. The van der Waals surface area contributed by atoms with Crippen LogP contribution in [0, 0.1) is 5.92 Å². The Kier molecular flexibility index (Phi) is 5.20. The van der Waals surface area contributed by atoms with Gasteiger partial charge in [0.15, 0.2) is 0 Å². The monoisotopic (exact) mass is 259 g/mol. The molecule has 0 aliphatic carbocycles. The second-order valence-electron chi connectivity index (χ2n) is 4.88. The maximum Gasteiger partial charge on any atom is 0.407 e. The summed E-state index contributed by atoms with van der Waals surface area (Å²) < 4.78 is 38.8. The van der Waals surface area contributed by atoms with Crippen molar-refractivity contribution < 1.29 is 13.2 Å². The molecule has 102 valence electrons. The van der Waals surface area contributed by atoms with Crippen LogP contribution < -0.4 is 5.32 Å². The Bertz CT molecular complexity index is 372. The number of halogens is 3. The van der Waals surface area contributed by atoms with Gasteiger partial charge >= 0.3 is 6.18 Å². The molecule has 0 amide bonds. The van der Waals surface area contributed by atoms with E-state index in [0.29, 0.717) is 18.0 Å². The van der Waals surface area contributed by atoms with Crippen molar-refractivity contribution in [1.29, 1.82) is 0 Å². The molecular weight excluding hydrogens is 239 g/mol. The molecule has 0 radical (unpaired) electrons. The first-order chi connectivity index (χ1) is 8.34. The summed E-state index contributed by atoms with van der Waals surface area (Å²) in [6, 6.07) is 5.19. The predicted molar refractivity (Wildman–Crippen MR) is 67.5 cm³/mol. The zero-order valence-electron chi connectivity index (χ0n) is 11.0. The number of nitrogens with one attached hydrogen (secondary N) is 1. The van der Waals surface area contributed by atoms with Crippen LogP contribution in [0.15, 0.2) is 24.3 Å². The van der Waals surface area contributed by atoms with Crippen LogP contribution in [0.1, 0.15) is 37.9 Å². The van der Waals surface area contributed by atoms with Crippen molar-refractivity contribution in [1.82, 2.24) is 5.32 Å². The molecule has 0 heterocycles. The first kappa shape index (κ1) is 15.0. The molecule has 0 saturated carbocycles. The van der Waals surface area contributed by atoms with E-state index in [9.17, 15) is 13.2 Å². The van der Waals surface area contributed by atoms with Crippen LogP contribution in [-0.4, -0.2) is 12.7 Å². The first-order valence-electron chi connectivity index (χ1n) is 6.23. The lowest BCUT2D eigenvalue weighted by Gasteiger charge is -2.22. The molecule has 1 atom stereocenters. The standard InChI is InChI=1S/C14H20F3N/c1-4-18-13(14(15,16)17)12-7-5-6-11(9-12)8-10(2)3/h5-7,9-10,13,18H,4,8H2,1-3H3. The van der Waals surface area contributed by atoms with Gasteiger partial charge in [0, 0.05) is 0 Å². The number of alkyl halides is 3. The molecule has 1 aromatic carbocycles. The van der Waals surface area contributed by atoms with Gasteiger partial charge in [-0.15, -0.1) is 0 Å². The average Bonchev–Trinajstić information content (AvgIpc) is 2.23. The molecule has 18 heavy (non-hydrogen) atoms. The lowest BCUT2D eigenvalue weighted by atomic mass is 9.98. The summed E-state index contributed by atoms with van der Waals surface area (Å²) in [4.78, 5) is 0. The van der Waals surface area contributed by atoms with Crippen molar-refractivity contribution >= 4 is 0 Å². The Balaban J connectivity index is 2.98. The Labute approximate surface area is 106 Å². The van der Waals surface area contributed by atoms with E-state index in [-0.39, 0.29) is 0 Å². The maximum absolute atomic E-state index is 12.9. The van der Waals surface area contributed by atoms with Crippen LogP contribution in [0.3, 0.4) is 0 Å². The summed E-state index contributed by atoms with van der Waals surface area (Å²) in [6.07, 6.45) is -3.46. The van der Waals surface area contributed by atoms with E-state index < -0.39 is 12.2 Å². The zero-order chi connectivity index (χ0) is 13.8. The Morgan fingerprint density at radius 1 is 1.22 bits per heavy atom.